The average molecular weight is 1420 g/mol. The Bertz CT molecular complexity index is 3500. The number of carbonyl (C=O) groups excluding carboxylic acids is 2. The molecule has 416 valence electrons. The van der Waals surface area contributed by atoms with Crippen molar-refractivity contribution in [3.63, 3.8) is 0 Å². The molecule has 0 aliphatic carbocycles. The van der Waals surface area contributed by atoms with Crippen LogP contribution in [0.1, 0.15) is 134 Å². The number of carbonyl (C=O) groups is 2. The Kier molecular flexibility index (Phi) is 22.0. The van der Waals surface area contributed by atoms with Gasteiger partial charge in [0.05, 0.1) is 22.1 Å². The summed E-state index contributed by atoms with van der Waals surface area (Å²) in [6.07, 6.45) is 9.51. The van der Waals surface area contributed by atoms with Gasteiger partial charge in [0.1, 0.15) is 11.5 Å². The summed E-state index contributed by atoms with van der Waals surface area (Å²) in [6, 6.07) is 51.2. The molecule has 4 heterocycles. The molecule has 2 N–H and O–H groups in total. The summed E-state index contributed by atoms with van der Waals surface area (Å²) in [5.41, 5.74) is 8.05. The van der Waals surface area contributed by atoms with Crippen molar-refractivity contribution in [3.8, 4) is 28.2 Å². The van der Waals surface area contributed by atoms with Crippen LogP contribution in [-0.4, -0.2) is 36.3 Å². The fourth-order valence-electron chi connectivity index (χ4n) is 9.48. The summed E-state index contributed by atoms with van der Waals surface area (Å²) in [7, 11) is 0. The summed E-state index contributed by atoms with van der Waals surface area (Å²) in [6.45, 7) is 24.2. The fourth-order valence-corrected chi connectivity index (χ4v) is 10.8. The van der Waals surface area contributed by atoms with Crippen molar-refractivity contribution < 1.29 is 61.9 Å². The molecule has 0 aliphatic rings. The summed E-state index contributed by atoms with van der Waals surface area (Å²) < 4.78 is 4.65. The molecule has 5 aromatic carbocycles. The van der Waals surface area contributed by atoms with Crippen LogP contribution in [0.25, 0.3) is 81.2 Å². The Morgan fingerprint density at radius 3 is 1.44 bits per heavy atom. The molecule has 0 fully saturated rings. The fraction of sp³-hybridized carbons (Fsp3) is 0.353. The van der Waals surface area contributed by atoms with Crippen LogP contribution in [0.5, 0.6) is 0 Å². The maximum atomic E-state index is 12.2. The smallest absolute Gasteiger partial charge is 0.164 e. The van der Waals surface area contributed by atoms with E-state index in [9.17, 15) is 19.8 Å². The van der Waals surface area contributed by atoms with Crippen molar-refractivity contribution in [2.45, 2.75) is 134 Å². The average Bonchev–Trinajstić information content (AvgIpc) is 4.14. The van der Waals surface area contributed by atoms with E-state index in [2.05, 4.69) is 120 Å². The molecule has 0 spiro atoms. The van der Waals surface area contributed by atoms with E-state index in [0.717, 1.165) is 112 Å². The van der Waals surface area contributed by atoms with Crippen LogP contribution in [0.3, 0.4) is 0 Å². The predicted octanol–water partition coefficient (Wildman–Crippen LogP) is 19.3. The zero-order valence-electron chi connectivity index (χ0n) is 47.5. The van der Waals surface area contributed by atoms with E-state index >= 15 is 0 Å². The summed E-state index contributed by atoms with van der Waals surface area (Å²) in [5.74, 6) is 0.572. The summed E-state index contributed by atoms with van der Waals surface area (Å²) in [4.78, 5) is 34.6. The number of hydrogen-bond acceptors (Lipinski definition) is 7. The number of thiophene rings is 1. The second-order valence-corrected chi connectivity index (χ2v) is 22.3. The number of pyridine rings is 2. The molecular formula is C68H77N3O4Pt2S-2. The van der Waals surface area contributed by atoms with Gasteiger partial charge in [-0.1, -0.05) is 165 Å². The Labute approximate surface area is 496 Å². The predicted molar refractivity (Wildman–Crippen MR) is 322 cm³/mol. The van der Waals surface area contributed by atoms with Gasteiger partial charge in [-0.3, -0.25) is 19.6 Å². The molecule has 0 amide bonds. The van der Waals surface area contributed by atoms with Gasteiger partial charge in [-0.05, 0) is 98.5 Å². The number of allylic oxidation sites excluding steroid dienone is 4. The quantitative estimate of drug-likeness (QED) is 0.0535. The number of para-hydroxylation sites is 3. The molecule has 78 heavy (non-hydrogen) atoms. The van der Waals surface area contributed by atoms with Crippen LogP contribution in [0, 0.1) is 33.8 Å². The number of rotatable bonds is 17. The number of nitrogens with zero attached hydrogens (tertiary/aromatic N) is 3. The van der Waals surface area contributed by atoms with Gasteiger partial charge >= 0.3 is 0 Å². The molecule has 0 unspecified atom stereocenters. The normalized spacial score (nSPS) is 12.4. The third-order valence-electron chi connectivity index (χ3n) is 17.2. The van der Waals surface area contributed by atoms with Gasteiger partial charge in [-0.15, -0.1) is 58.3 Å². The zero-order valence-corrected chi connectivity index (χ0v) is 52.9. The first-order valence-corrected chi connectivity index (χ1v) is 28.2. The number of hydrogen-bond donors (Lipinski definition) is 2. The van der Waals surface area contributed by atoms with Crippen molar-refractivity contribution >= 4 is 75.9 Å². The van der Waals surface area contributed by atoms with Crippen molar-refractivity contribution in [1.82, 2.24) is 14.5 Å². The van der Waals surface area contributed by atoms with Gasteiger partial charge in [0.15, 0.2) is 11.6 Å². The Balaban J connectivity index is 0.000000262. The number of fused-ring (bicyclic) bond motifs is 7. The van der Waals surface area contributed by atoms with E-state index in [1.165, 1.54) is 32.3 Å². The number of aromatic nitrogens is 3. The standard InChI is InChI=1S/C38H21N3S.2C15H28O2.2Pt/c1-2-11-25(12-3-1)41-34-19-7-5-13-30(34)36-35(41)23-22-33(40-36)29-17-9-15-27-26-14-8-16-28(37(26)42-38(27)29)32-21-20-24-10-4-6-18-31(24)39-32;2*1-7-14(5,8-2)12(16)11-13(17)15(6,9-3)10-4;;/h1-15,18-23H;2*11,16H,7-10H2,1-6H3;;/q-2;;;;/b;2*12-11-;;. The molecule has 0 bridgehead atoms. The molecule has 0 radical (unpaired) electrons. The van der Waals surface area contributed by atoms with Crippen molar-refractivity contribution in [2.24, 2.45) is 21.7 Å². The number of aliphatic hydroxyl groups is 2. The first kappa shape index (κ1) is 63.3. The van der Waals surface area contributed by atoms with Gasteiger partial charge in [0, 0.05) is 87.0 Å². The van der Waals surface area contributed by atoms with Crippen molar-refractivity contribution in [1.29, 1.82) is 0 Å². The molecule has 7 nitrogen and oxygen atoms in total. The van der Waals surface area contributed by atoms with Gasteiger partial charge in [-0.25, -0.2) is 11.3 Å². The van der Waals surface area contributed by atoms with E-state index in [-0.39, 0.29) is 86.9 Å². The number of ketones is 2. The summed E-state index contributed by atoms with van der Waals surface area (Å²) >= 11 is 1.77. The molecule has 0 atom stereocenters. The largest absolute Gasteiger partial charge is 0.512 e. The van der Waals surface area contributed by atoms with Crippen LogP contribution < -0.4 is 0 Å². The van der Waals surface area contributed by atoms with Crippen LogP contribution >= 0.6 is 11.3 Å². The maximum absolute atomic E-state index is 12.2. The monoisotopic (exact) mass is 1420 g/mol. The zero-order chi connectivity index (χ0) is 55.0. The molecule has 0 saturated heterocycles. The van der Waals surface area contributed by atoms with Gasteiger partial charge in [-0.2, -0.15) is 0 Å². The van der Waals surface area contributed by atoms with Crippen molar-refractivity contribution in [3.05, 3.63) is 163 Å². The minimum Gasteiger partial charge on any atom is -0.512 e. The molecule has 4 aromatic heterocycles. The maximum Gasteiger partial charge on any atom is 0.164 e. The second kappa shape index (κ2) is 27.1. The Morgan fingerprint density at radius 1 is 0.500 bits per heavy atom. The van der Waals surface area contributed by atoms with E-state index < -0.39 is 0 Å². The summed E-state index contributed by atoms with van der Waals surface area (Å²) in [5, 5.41) is 24.9. The van der Waals surface area contributed by atoms with Gasteiger partial charge in [0.2, 0.25) is 0 Å². The van der Waals surface area contributed by atoms with Crippen LogP contribution in [0.4, 0.5) is 0 Å². The Morgan fingerprint density at radius 2 is 0.936 bits per heavy atom. The van der Waals surface area contributed by atoms with Gasteiger partial charge < -0.3 is 14.8 Å². The minimum atomic E-state index is -0.337. The van der Waals surface area contributed by atoms with E-state index in [1.807, 2.05) is 107 Å². The number of aliphatic hydroxyl groups excluding tert-OH is 2. The third kappa shape index (κ3) is 12.9. The molecular weight excluding hydrogens is 1340 g/mol. The van der Waals surface area contributed by atoms with Crippen LogP contribution in [0.15, 0.2) is 151 Å². The molecule has 9 rings (SSSR count). The first-order valence-electron chi connectivity index (χ1n) is 27.4. The van der Waals surface area contributed by atoms with Crippen LogP contribution in [0.2, 0.25) is 0 Å². The van der Waals surface area contributed by atoms with Crippen molar-refractivity contribution in [2.75, 3.05) is 0 Å². The van der Waals surface area contributed by atoms with Gasteiger partial charge in [0.25, 0.3) is 0 Å². The SMILES string of the molecule is CCC(C)(CC)C(=O)/C=C(\O)C(C)(CC)CC.CCC(C)(CC)C(=O)/C=C(\O)C(C)(CC)CC.[Pt].[Pt].[c-]1ccc2c(sc3c(-c4ccc5c(n4)c4ccccc4n5-c4ccccc4)[c-]ccc32)c1-c1ccc2ccccc2n1. The molecule has 9 aromatic rings. The molecule has 10 heteroatoms. The number of benzene rings is 5. The third-order valence-corrected chi connectivity index (χ3v) is 18.5. The minimum absolute atomic E-state index is 0. The topological polar surface area (TPSA) is 105 Å². The molecule has 0 aliphatic heterocycles. The Hall–Kier alpha value is -5.52. The van der Waals surface area contributed by atoms with Crippen LogP contribution in [-0.2, 0) is 51.7 Å². The van der Waals surface area contributed by atoms with E-state index in [1.54, 1.807) is 11.3 Å². The van der Waals surface area contributed by atoms with E-state index in [0.29, 0.717) is 0 Å². The van der Waals surface area contributed by atoms with E-state index in [4.69, 9.17) is 9.97 Å². The second-order valence-electron chi connectivity index (χ2n) is 21.3. The first-order chi connectivity index (χ1) is 36.4. The molecule has 0 saturated carbocycles.